The average molecular weight is 295 g/mol. The van der Waals surface area contributed by atoms with Gasteiger partial charge in [-0.3, -0.25) is 4.90 Å². The van der Waals surface area contributed by atoms with Gasteiger partial charge in [-0.15, -0.1) is 5.10 Å². The van der Waals surface area contributed by atoms with Crippen LogP contribution >= 0.6 is 11.6 Å². The first-order valence-electron chi connectivity index (χ1n) is 6.76. The van der Waals surface area contributed by atoms with E-state index in [2.05, 4.69) is 39.3 Å². The second-order valence-corrected chi connectivity index (χ2v) is 5.80. The lowest BCUT2D eigenvalue weighted by molar-refractivity contribution is 0.121. The van der Waals surface area contributed by atoms with Crippen LogP contribution < -0.4 is 5.32 Å². The first kappa shape index (κ1) is 13.6. The predicted octanol–water partition coefficient (Wildman–Crippen LogP) is 1.04. The van der Waals surface area contributed by atoms with E-state index < -0.39 is 0 Å². The molecular formula is C13H19ClN6. The molecule has 1 fully saturated rings. The summed E-state index contributed by atoms with van der Waals surface area (Å²) in [6, 6.07) is 4.16. The van der Waals surface area contributed by atoms with E-state index in [4.69, 9.17) is 11.6 Å². The number of nitrogens with one attached hydrogen (secondary N) is 1. The van der Waals surface area contributed by atoms with Gasteiger partial charge in [0, 0.05) is 38.4 Å². The highest BCUT2D eigenvalue weighted by molar-refractivity contribution is 6.30. The molecule has 3 rings (SSSR count). The van der Waals surface area contributed by atoms with E-state index in [1.807, 2.05) is 12.1 Å². The summed E-state index contributed by atoms with van der Waals surface area (Å²) in [5.41, 5.74) is 0.797. The molecule has 20 heavy (non-hydrogen) atoms. The number of likely N-dealkylation sites (N-methyl/N-ethyl adjacent to an activating group) is 2. The number of fused-ring (bicyclic) bond motifs is 1. The number of rotatable bonds is 3. The lowest BCUT2D eigenvalue weighted by atomic mass is 10.2. The molecule has 1 saturated heterocycles. The fourth-order valence-corrected chi connectivity index (χ4v) is 2.62. The number of halogens is 1. The Bertz CT molecular complexity index is 598. The molecule has 108 valence electrons. The first-order valence-corrected chi connectivity index (χ1v) is 7.14. The number of anilines is 1. The highest BCUT2D eigenvalue weighted by Gasteiger charge is 2.22. The third-order valence-electron chi connectivity index (χ3n) is 3.77. The summed E-state index contributed by atoms with van der Waals surface area (Å²) in [6.07, 6.45) is 1.76. The largest absolute Gasteiger partial charge is 0.351 e. The summed E-state index contributed by atoms with van der Waals surface area (Å²) in [5.74, 6) is 0.647. The maximum absolute atomic E-state index is 5.94. The maximum Gasteiger partial charge on any atom is 0.243 e. The minimum absolute atomic E-state index is 0.476. The molecule has 1 atom stereocenters. The smallest absolute Gasteiger partial charge is 0.243 e. The third kappa shape index (κ3) is 2.87. The second kappa shape index (κ2) is 5.55. The van der Waals surface area contributed by atoms with Gasteiger partial charge in [0.25, 0.3) is 0 Å². The summed E-state index contributed by atoms with van der Waals surface area (Å²) in [4.78, 5) is 9.16. The van der Waals surface area contributed by atoms with Crippen molar-refractivity contribution in [1.82, 2.24) is 24.4 Å². The molecule has 0 bridgehead atoms. The Labute approximate surface area is 123 Å². The standard InChI is InChI=1S/C13H19ClN6/c1-18-5-6-19(2)11(9-18)7-15-13-16-12-4-3-10(14)8-20(12)17-13/h3-4,8,11H,5-7,9H2,1-2H3,(H,15,17). The van der Waals surface area contributed by atoms with Gasteiger partial charge in [0.1, 0.15) is 0 Å². The summed E-state index contributed by atoms with van der Waals surface area (Å²) < 4.78 is 1.70. The van der Waals surface area contributed by atoms with Gasteiger partial charge in [-0.2, -0.15) is 4.98 Å². The maximum atomic E-state index is 5.94. The van der Waals surface area contributed by atoms with E-state index >= 15 is 0 Å². The Balaban J connectivity index is 1.67. The molecule has 0 aliphatic carbocycles. The van der Waals surface area contributed by atoms with Crippen molar-refractivity contribution >= 4 is 23.2 Å². The van der Waals surface area contributed by atoms with Gasteiger partial charge in [0.05, 0.1) is 5.02 Å². The van der Waals surface area contributed by atoms with Gasteiger partial charge < -0.3 is 10.2 Å². The molecule has 7 heteroatoms. The van der Waals surface area contributed by atoms with Gasteiger partial charge in [-0.05, 0) is 26.2 Å². The van der Waals surface area contributed by atoms with E-state index in [9.17, 15) is 0 Å². The number of hydrogen-bond acceptors (Lipinski definition) is 5. The van der Waals surface area contributed by atoms with E-state index in [0.29, 0.717) is 17.0 Å². The van der Waals surface area contributed by atoms with Crippen LogP contribution in [-0.4, -0.2) is 70.7 Å². The van der Waals surface area contributed by atoms with Crippen molar-refractivity contribution < 1.29 is 0 Å². The number of aromatic nitrogens is 3. The highest BCUT2D eigenvalue weighted by atomic mass is 35.5. The SMILES string of the molecule is CN1CCN(C)C(CNc2nc3ccc(Cl)cn3n2)C1. The molecular weight excluding hydrogens is 276 g/mol. The highest BCUT2D eigenvalue weighted by Crippen LogP contribution is 2.12. The first-order chi connectivity index (χ1) is 9.61. The molecule has 2 aromatic heterocycles. The van der Waals surface area contributed by atoms with Crippen LogP contribution in [-0.2, 0) is 0 Å². The Morgan fingerprint density at radius 2 is 2.20 bits per heavy atom. The van der Waals surface area contributed by atoms with Gasteiger partial charge in [-0.1, -0.05) is 11.6 Å². The molecule has 0 amide bonds. The van der Waals surface area contributed by atoms with Crippen LogP contribution in [0.25, 0.3) is 5.65 Å². The van der Waals surface area contributed by atoms with Crippen LogP contribution in [0.15, 0.2) is 18.3 Å². The minimum atomic E-state index is 0.476. The van der Waals surface area contributed by atoms with Crippen molar-refractivity contribution in [1.29, 1.82) is 0 Å². The number of pyridine rings is 1. The normalized spacial score (nSPS) is 21.4. The van der Waals surface area contributed by atoms with Crippen LogP contribution in [0.4, 0.5) is 5.95 Å². The van der Waals surface area contributed by atoms with E-state index in [1.165, 1.54) is 0 Å². The fraction of sp³-hybridized carbons (Fsp3) is 0.538. The molecule has 0 saturated carbocycles. The van der Waals surface area contributed by atoms with Gasteiger partial charge >= 0.3 is 0 Å². The predicted molar refractivity (Wildman–Crippen MR) is 80.4 cm³/mol. The molecule has 3 heterocycles. The molecule has 0 aromatic carbocycles. The summed E-state index contributed by atoms with van der Waals surface area (Å²) in [5, 5.41) is 8.35. The van der Waals surface area contributed by atoms with E-state index in [-0.39, 0.29) is 0 Å². The van der Waals surface area contributed by atoms with Crippen LogP contribution in [0.1, 0.15) is 0 Å². The summed E-state index contributed by atoms with van der Waals surface area (Å²) >= 11 is 5.94. The van der Waals surface area contributed by atoms with Crippen molar-refractivity contribution in [3.8, 4) is 0 Å². The summed E-state index contributed by atoms with van der Waals surface area (Å²) in [7, 11) is 4.32. The molecule has 0 spiro atoms. The molecule has 1 N–H and O–H groups in total. The van der Waals surface area contributed by atoms with Crippen LogP contribution in [0.3, 0.4) is 0 Å². The third-order valence-corrected chi connectivity index (χ3v) is 3.99. The molecule has 0 radical (unpaired) electrons. The van der Waals surface area contributed by atoms with Crippen molar-refractivity contribution in [3.05, 3.63) is 23.4 Å². The molecule has 2 aromatic rings. The van der Waals surface area contributed by atoms with E-state index in [0.717, 1.165) is 31.8 Å². The number of hydrogen-bond donors (Lipinski definition) is 1. The van der Waals surface area contributed by atoms with Gasteiger partial charge in [-0.25, -0.2) is 4.52 Å². The Kier molecular flexibility index (Phi) is 3.78. The van der Waals surface area contributed by atoms with Crippen molar-refractivity contribution in [2.45, 2.75) is 6.04 Å². The zero-order valence-corrected chi connectivity index (χ0v) is 12.5. The quantitative estimate of drug-likeness (QED) is 0.917. The van der Waals surface area contributed by atoms with Crippen LogP contribution in [0.5, 0.6) is 0 Å². The molecule has 6 nitrogen and oxygen atoms in total. The van der Waals surface area contributed by atoms with Crippen LogP contribution in [0.2, 0.25) is 5.02 Å². The zero-order chi connectivity index (χ0) is 14.1. The molecule has 1 aliphatic rings. The topological polar surface area (TPSA) is 48.7 Å². The molecule has 1 aliphatic heterocycles. The Hall–Kier alpha value is -1.37. The second-order valence-electron chi connectivity index (χ2n) is 5.36. The summed E-state index contributed by atoms with van der Waals surface area (Å²) in [6.45, 7) is 4.11. The van der Waals surface area contributed by atoms with Crippen LogP contribution in [0, 0.1) is 0 Å². The molecule has 1 unspecified atom stereocenters. The van der Waals surface area contributed by atoms with Gasteiger partial charge in [0.2, 0.25) is 5.95 Å². The fourth-order valence-electron chi connectivity index (χ4n) is 2.46. The monoisotopic (exact) mass is 294 g/mol. The van der Waals surface area contributed by atoms with E-state index in [1.54, 1.807) is 10.7 Å². The van der Waals surface area contributed by atoms with Crippen molar-refractivity contribution in [2.24, 2.45) is 0 Å². The van der Waals surface area contributed by atoms with Gasteiger partial charge in [0.15, 0.2) is 5.65 Å². The van der Waals surface area contributed by atoms with Crippen molar-refractivity contribution in [3.63, 3.8) is 0 Å². The average Bonchev–Trinajstić information content (AvgIpc) is 2.81. The lowest BCUT2D eigenvalue weighted by Gasteiger charge is -2.37. The Morgan fingerprint density at radius 3 is 3.05 bits per heavy atom. The number of piperazine rings is 1. The zero-order valence-electron chi connectivity index (χ0n) is 11.8. The van der Waals surface area contributed by atoms with Crippen molar-refractivity contribution in [2.75, 3.05) is 45.6 Å². The number of nitrogens with zero attached hydrogens (tertiary/aromatic N) is 5. The lowest BCUT2D eigenvalue weighted by Crippen LogP contribution is -2.52. The minimum Gasteiger partial charge on any atom is -0.351 e. The Morgan fingerprint density at radius 1 is 1.35 bits per heavy atom.